The first-order valence-corrected chi connectivity index (χ1v) is 5.93. The molecule has 0 saturated carbocycles. The number of carbonyl (C=O) groups excluding carboxylic acids is 1. The quantitative estimate of drug-likeness (QED) is 0.652. The SMILES string of the molecule is COC(=O)c1ccc(C(O)C(O)CBr)cc1F. The molecule has 0 heterocycles. The van der Waals surface area contributed by atoms with Gasteiger partial charge in [-0.3, -0.25) is 0 Å². The first kappa shape index (κ1) is 14.1. The molecule has 6 heteroatoms. The molecular formula is C11H12BrFO4. The van der Waals surface area contributed by atoms with E-state index in [0.29, 0.717) is 0 Å². The number of benzene rings is 1. The third-order valence-corrected chi connectivity index (χ3v) is 2.93. The van der Waals surface area contributed by atoms with E-state index in [4.69, 9.17) is 0 Å². The van der Waals surface area contributed by atoms with E-state index in [0.717, 1.165) is 13.2 Å². The second-order valence-corrected chi connectivity index (χ2v) is 4.04. The van der Waals surface area contributed by atoms with Gasteiger partial charge in [0.1, 0.15) is 11.9 Å². The number of esters is 1. The largest absolute Gasteiger partial charge is 0.465 e. The van der Waals surface area contributed by atoms with Crippen molar-refractivity contribution in [3.63, 3.8) is 0 Å². The second-order valence-electron chi connectivity index (χ2n) is 3.40. The van der Waals surface area contributed by atoms with Crippen LogP contribution in [0.4, 0.5) is 4.39 Å². The normalized spacial score (nSPS) is 14.2. The lowest BCUT2D eigenvalue weighted by atomic mass is 10.0. The fraction of sp³-hybridized carbons (Fsp3) is 0.364. The van der Waals surface area contributed by atoms with Gasteiger partial charge in [0.25, 0.3) is 0 Å². The van der Waals surface area contributed by atoms with Gasteiger partial charge < -0.3 is 14.9 Å². The maximum atomic E-state index is 13.5. The van der Waals surface area contributed by atoms with E-state index in [-0.39, 0.29) is 16.5 Å². The number of methoxy groups -OCH3 is 1. The number of ether oxygens (including phenoxy) is 1. The minimum absolute atomic E-state index is 0.161. The van der Waals surface area contributed by atoms with E-state index in [2.05, 4.69) is 20.7 Å². The summed E-state index contributed by atoms with van der Waals surface area (Å²) in [4.78, 5) is 11.1. The van der Waals surface area contributed by atoms with Gasteiger partial charge in [0.2, 0.25) is 0 Å². The van der Waals surface area contributed by atoms with Crippen molar-refractivity contribution >= 4 is 21.9 Å². The molecule has 0 spiro atoms. The summed E-state index contributed by atoms with van der Waals surface area (Å²) in [6, 6.07) is 3.58. The third kappa shape index (κ3) is 3.24. The van der Waals surface area contributed by atoms with Crippen molar-refractivity contribution < 1.29 is 24.1 Å². The fourth-order valence-corrected chi connectivity index (χ4v) is 1.65. The maximum Gasteiger partial charge on any atom is 0.340 e. The smallest absolute Gasteiger partial charge is 0.340 e. The summed E-state index contributed by atoms with van der Waals surface area (Å²) in [7, 11) is 1.15. The van der Waals surface area contributed by atoms with Gasteiger partial charge in [-0.05, 0) is 17.7 Å². The van der Waals surface area contributed by atoms with Gasteiger partial charge >= 0.3 is 5.97 Å². The zero-order valence-electron chi connectivity index (χ0n) is 9.06. The van der Waals surface area contributed by atoms with Crippen LogP contribution in [-0.2, 0) is 4.74 Å². The maximum absolute atomic E-state index is 13.5. The molecule has 0 aromatic heterocycles. The predicted molar refractivity (Wildman–Crippen MR) is 62.5 cm³/mol. The summed E-state index contributed by atoms with van der Waals surface area (Å²) in [6.07, 6.45) is -2.26. The van der Waals surface area contributed by atoms with Gasteiger partial charge in [-0.15, -0.1) is 0 Å². The van der Waals surface area contributed by atoms with E-state index < -0.39 is 24.0 Å². The zero-order chi connectivity index (χ0) is 13.0. The van der Waals surface area contributed by atoms with Gasteiger partial charge in [0.05, 0.1) is 18.8 Å². The van der Waals surface area contributed by atoms with Gasteiger partial charge in [-0.2, -0.15) is 0 Å². The highest BCUT2D eigenvalue weighted by Gasteiger charge is 2.20. The molecule has 0 amide bonds. The Bertz CT molecular complexity index is 410. The van der Waals surface area contributed by atoms with Crippen molar-refractivity contribution in [2.24, 2.45) is 0 Å². The topological polar surface area (TPSA) is 66.8 Å². The Balaban J connectivity index is 3.00. The number of aliphatic hydroxyl groups is 2. The molecule has 1 rings (SSSR count). The molecule has 0 aliphatic rings. The fourth-order valence-electron chi connectivity index (χ4n) is 1.30. The van der Waals surface area contributed by atoms with E-state index in [9.17, 15) is 19.4 Å². The molecule has 1 aromatic rings. The van der Waals surface area contributed by atoms with Crippen molar-refractivity contribution in [1.29, 1.82) is 0 Å². The van der Waals surface area contributed by atoms with Crippen molar-refractivity contribution in [1.82, 2.24) is 0 Å². The van der Waals surface area contributed by atoms with Crippen LogP contribution in [0.5, 0.6) is 0 Å². The van der Waals surface area contributed by atoms with Gasteiger partial charge in [-0.1, -0.05) is 22.0 Å². The number of hydrogen-bond donors (Lipinski definition) is 2. The summed E-state index contributed by atoms with van der Waals surface area (Å²) in [5, 5.41) is 19.2. The molecule has 0 aliphatic carbocycles. The standard InChI is InChI=1S/C11H12BrFO4/c1-17-11(16)7-3-2-6(4-8(7)13)10(15)9(14)5-12/h2-4,9-10,14-15H,5H2,1H3. The van der Waals surface area contributed by atoms with Crippen LogP contribution in [0.3, 0.4) is 0 Å². The molecule has 0 aliphatic heterocycles. The average molecular weight is 307 g/mol. The van der Waals surface area contributed by atoms with E-state index in [1.807, 2.05) is 0 Å². The van der Waals surface area contributed by atoms with Crippen LogP contribution in [-0.4, -0.2) is 34.7 Å². The van der Waals surface area contributed by atoms with E-state index in [1.165, 1.54) is 12.1 Å². The Labute approximate surface area is 106 Å². The Morgan fingerprint density at radius 2 is 2.18 bits per heavy atom. The molecule has 0 radical (unpaired) electrons. The summed E-state index contributed by atoms with van der Waals surface area (Å²) >= 11 is 3.00. The molecule has 1 aromatic carbocycles. The lowest BCUT2D eigenvalue weighted by Gasteiger charge is -2.16. The van der Waals surface area contributed by atoms with Crippen LogP contribution in [0.25, 0.3) is 0 Å². The molecule has 0 saturated heterocycles. The highest BCUT2D eigenvalue weighted by atomic mass is 79.9. The number of aliphatic hydroxyl groups excluding tert-OH is 2. The molecule has 17 heavy (non-hydrogen) atoms. The molecule has 2 atom stereocenters. The van der Waals surface area contributed by atoms with Crippen LogP contribution in [0.1, 0.15) is 22.0 Å². The molecule has 4 nitrogen and oxygen atoms in total. The minimum Gasteiger partial charge on any atom is -0.465 e. The Kier molecular flexibility index (Phi) is 5.04. The molecular weight excluding hydrogens is 295 g/mol. The number of alkyl halides is 1. The first-order chi connectivity index (χ1) is 8.01. The van der Waals surface area contributed by atoms with Crippen LogP contribution in [0.15, 0.2) is 18.2 Å². The average Bonchev–Trinajstić information content (AvgIpc) is 2.35. The van der Waals surface area contributed by atoms with Crippen molar-refractivity contribution in [2.75, 3.05) is 12.4 Å². The minimum atomic E-state index is -1.21. The van der Waals surface area contributed by atoms with Crippen LogP contribution in [0, 0.1) is 5.82 Å². The van der Waals surface area contributed by atoms with Crippen molar-refractivity contribution in [3.05, 3.63) is 35.1 Å². The van der Waals surface area contributed by atoms with E-state index >= 15 is 0 Å². The zero-order valence-corrected chi connectivity index (χ0v) is 10.6. The predicted octanol–water partition coefficient (Wildman–Crippen LogP) is 1.40. The van der Waals surface area contributed by atoms with Gasteiger partial charge in [0, 0.05) is 5.33 Å². The van der Waals surface area contributed by atoms with Crippen LogP contribution in [0.2, 0.25) is 0 Å². The van der Waals surface area contributed by atoms with Gasteiger partial charge in [-0.25, -0.2) is 9.18 Å². The van der Waals surface area contributed by atoms with Crippen molar-refractivity contribution in [3.8, 4) is 0 Å². The first-order valence-electron chi connectivity index (χ1n) is 4.81. The Morgan fingerprint density at radius 3 is 2.65 bits per heavy atom. The van der Waals surface area contributed by atoms with Crippen LogP contribution >= 0.6 is 15.9 Å². The molecule has 0 bridgehead atoms. The van der Waals surface area contributed by atoms with Crippen molar-refractivity contribution in [2.45, 2.75) is 12.2 Å². The van der Waals surface area contributed by atoms with Gasteiger partial charge in [0.15, 0.2) is 0 Å². The Morgan fingerprint density at radius 1 is 1.53 bits per heavy atom. The third-order valence-electron chi connectivity index (χ3n) is 2.26. The lowest BCUT2D eigenvalue weighted by molar-refractivity contribution is 0.0340. The number of carbonyl (C=O) groups is 1. The Hall–Kier alpha value is -0.980. The molecule has 94 valence electrons. The summed E-state index contributed by atoms with van der Waals surface area (Å²) < 4.78 is 17.9. The van der Waals surface area contributed by atoms with Crippen LogP contribution < -0.4 is 0 Å². The highest BCUT2D eigenvalue weighted by Crippen LogP contribution is 2.21. The number of halogens is 2. The summed E-state index contributed by atoms with van der Waals surface area (Å²) in [5.74, 6) is -1.58. The molecule has 2 N–H and O–H groups in total. The number of hydrogen-bond acceptors (Lipinski definition) is 4. The molecule has 2 unspecified atom stereocenters. The van der Waals surface area contributed by atoms with E-state index in [1.54, 1.807) is 0 Å². The second kappa shape index (κ2) is 6.09. The summed E-state index contributed by atoms with van der Waals surface area (Å²) in [6.45, 7) is 0. The lowest BCUT2D eigenvalue weighted by Crippen LogP contribution is -2.20. The molecule has 0 fully saturated rings. The number of rotatable bonds is 4. The summed E-state index contributed by atoms with van der Waals surface area (Å²) in [5.41, 5.74) is -0.0149. The monoisotopic (exact) mass is 306 g/mol. The highest BCUT2D eigenvalue weighted by molar-refractivity contribution is 9.09.